The molecule has 0 amide bonds. The maximum Gasteiger partial charge on any atom is 0.138 e. The van der Waals surface area contributed by atoms with Crippen LogP contribution in [0.25, 0.3) is 0 Å². The molecule has 1 aromatic heterocycles. The highest BCUT2D eigenvalue weighted by Crippen LogP contribution is 2.46. The topological polar surface area (TPSA) is 42.7 Å². The van der Waals surface area contributed by atoms with Crippen molar-refractivity contribution in [1.29, 1.82) is 0 Å². The fourth-order valence-corrected chi connectivity index (χ4v) is 2.82. The Hall–Kier alpha value is -0.900. The van der Waals surface area contributed by atoms with Gasteiger partial charge < -0.3 is 5.32 Å². The zero-order valence-electron chi connectivity index (χ0n) is 12.1. The van der Waals surface area contributed by atoms with Gasteiger partial charge in [-0.2, -0.15) is 5.10 Å². The third-order valence-corrected chi connectivity index (χ3v) is 3.94. The summed E-state index contributed by atoms with van der Waals surface area (Å²) in [4.78, 5) is 4.47. The highest BCUT2D eigenvalue weighted by Gasteiger charge is 2.41. The molecule has 18 heavy (non-hydrogen) atoms. The van der Waals surface area contributed by atoms with Crippen molar-refractivity contribution in [3.63, 3.8) is 0 Å². The van der Waals surface area contributed by atoms with Gasteiger partial charge in [-0.1, -0.05) is 20.8 Å². The van der Waals surface area contributed by atoms with Crippen LogP contribution in [0.15, 0.2) is 6.33 Å². The highest BCUT2D eigenvalue weighted by atomic mass is 15.3. The van der Waals surface area contributed by atoms with E-state index in [0.717, 1.165) is 31.3 Å². The summed E-state index contributed by atoms with van der Waals surface area (Å²) in [5.41, 5.74) is 0.330. The van der Waals surface area contributed by atoms with Crippen LogP contribution >= 0.6 is 0 Å². The lowest BCUT2D eigenvalue weighted by molar-refractivity contribution is 0.251. The van der Waals surface area contributed by atoms with Crippen molar-refractivity contribution >= 4 is 0 Å². The quantitative estimate of drug-likeness (QED) is 0.806. The largest absolute Gasteiger partial charge is 0.319 e. The van der Waals surface area contributed by atoms with Gasteiger partial charge in [0.05, 0.1) is 0 Å². The van der Waals surface area contributed by atoms with Gasteiger partial charge in [0.1, 0.15) is 12.2 Å². The molecule has 0 saturated heterocycles. The van der Waals surface area contributed by atoms with E-state index in [4.69, 9.17) is 0 Å². The van der Waals surface area contributed by atoms with Crippen molar-refractivity contribution in [3.05, 3.63) is 12.2 Å². The second-order valence-electron chi connectivity index (χ2n) is 6.39. The van der Waals surface area contributed by atoms with Crippen LogP contribution in [-0.4, -0.2) is 28.4 Å². The van der Waals surface area contributed by atoms with Gasteiger partial charge in [0.2, 0.25) is 0 Å². The Morgan fingerprint density at radius 2 is 2.22 bits per heavy atom. The normalized spacial score (nSPS) is 19.2. The average Bonchev–Trinajstić information content (AvgIpc) is 3.05. The van der Waals surface area contributed by atoms with Crippen molar-refractivity contribution < 1.29 is 0 Å². The molecule has 1 N–H and O–H groups in total. The predicted molar refractivity (Wildman–Crippen MR) is 73.3 cm³/mol. The zero-order chi connectivity index (χ0) is 13.2. The molecule has 1 heterocycles. The molecule has 4 heteroatoms. The van der Waals surface area contributed by atoms with Gasteiger partial charge in [-0.15, -0.1) is 0 Å². The molecular formula is C14H26N4. The van der Waals surface area contributed by atoms with Crippen LogP contribution in [0, 0.1) is 17.3 Å². The van der Waals surface area contributed by atoms with E-state index in [2.05, 4.69) is 40.9 Å². The summed E-state index contributed by atoms with van der Waals surface area (Å²) in [6.07, 6.45) is 5.47. The van der Waals surface area contributed by atoms with Crippen LogP contribution in [0.4, 0.5) is 0 Å². The molecule has 1 unspecified atom stereocenters. The molecule has 102 valence electrons. The summed E-state index contributed by atoms with van der Waals surface area (Å²) < 4.78 is 2.08. The van der Waals surface area contributed by atoms with Crippen LogP contribution < -0.4 is 5.32 Å². The molecule has 0 radical (unpaired) electrons. The van der Waals surface area contributed by atoms with Crippen LogP contribution in [0.3, 0.4) is 0 Å². The first-order chi connectivity index (χ1) is 8.55. The Morgan fingerprint density at radius 3 is 2.78 bits per heavy atom. The summed E-state index contributed by atoms with van der Waals surface area (Å²) >= 11 is 0. The Labute approximate surface area is 110 Å². The van der Waals surface area contributed by atoms with Gasteiger partial charge in [0.25, 0.3) is 0 Å². The minimum absolute atomic E-state index is 0.330. The van der Waals surface area contributed by atoms with Crippen molar-refractivity contribution in [2.75, 3.05) is 13.6 Å². The van der Waals surface area contributed by atoms with Crippen molar-refractivity contribution in [3.8, 4) is 0 Å². The number of hydrogen-bond acceptors (Lipinski definition) is 3. The minimum atomic E-state index is 0.330. The van der Waals surface area contributed by atoms with Crippen LogP contribution in [0.5, 0.6) is 0 Å². The number of hydrogen-bond donors (Lipinski definition) is 1. The first-order valence-corrected chi connectivity index (χ1v) is 7.06. The SMILES string of the molecule is CNCC(C)(Cc1ncnn1CC(C)C)C1CC1. The Morgan fingerprint density at radius 1 is 1.50 bits per heavy atom. The molecule has 1 saturated carbocycles. The fraction of sp³-hybridized carbons (Fsp3) is 0.857. The van der Waals surface area contributed by atoms with E-state index in [9.17, 15) is 0 Å². The van der Waals surface area contributed by atoms with Crippen molar-refractivity contribution in [2.24, 2.45) is 17.3 Å². The second kappa shape index (κ2) is 5.39. The lowest BCUT2D eigenvalue weighted by Gasteiger charge is -2.29. The summed E-state index contributed by atoms with van der Waals surface area (Å²) in [5, 5.41) is 7.71. The lowest BCUT2D eigenvalue weighted by Crippen LogP contribution is -2.35. The van der Waals surface area contributed by atoms with E-state index in [1.54, 1.807) is 6.33 Å². The summed E-state index contributed by atoms with van der Waals surface area (Å²) in [6, 6.07) is 0. The van der Waals surface area contributed by atoms with Gasteiger partial charge >= 0.3 is 0 Å². The number of nitrogens with zero attached hydrogens (tertiary/aromatic N) is 3. The van der Waals surface area contributed by atoms with Gasteiger partial charge in [0.15, 0.2) is 0 Å². The summed E-state index contributed by atoms with van der Waals surface area (Å²) in [5.74, 6) is 2.62. The lowest BCUT2D eigenvalue weighted by atomic mass is 9.81. The molecular weight excluding hydrogens is 224 g/mol. The van der Waals surface area contributed by atoms with Crippen molar-refractivity contribution in [2.45, 2.75) is 46.6 Å². The smallest absolute Gasteiger partial charge is 0.138 e. The van der Waals surface area contributed by atoms with Gasteiger partial charge in [-0.25, -0.2) is 9.67 Å². The fourth-order valence-electron chi connectivity index (χ4n) is 2.82. The number of nitrogens with one attached hydrogen (secondary N) is 1. The maximum absolute atomic E-state index is 4.47. The van der Waals surface area contributed by atoms with Crippen LogP contribution in [-0.2, 0) is 13.0 Å². The molecule has 1 aliphatic rings. The first kappa shape index (κ1) is 13.5. The van der Waals surface area contributed by atoms with Crippen molar-refractivity contribution in [1.82, 2.24) is 20.1 Å². The molecule has 0 aromatic carbocycles. The van der Waals surface area contributed by atoms with Crippen LogP contribution in [0.1, 0.15) is 39.4 Å². The predicted octanol–water partition coefficient (Wildman–Crippen LogP) is 2.11. The van der Waals surface area contributed by atoms with Gasteiger partial charge in [-0.05, 0) is 37.1 Å². The molecule has 4 nitrogen and oxygen atoms in total. The Bertz CT molecular complexity index is 381. The maximum atomic E-state index is 4.47. The molecule has 1 atom stereocenters. The number of aromatic nitrogens is 3. The highest BCUT2D eigenvalue weighted by molar-refractivity contribution is 5.00. The summed E-state index contributed by atoms with van der Waals surface area (Å²) in [7, 11) is 2.04. The molecule has 1 aromatic rings. The van der Waals surface area contributed by atoms with Crippen LogP contribution in [0.2, 0.25) is 0 Å². The van der Waals surface area contributed by atoms with E-state index in [-0.39, 0.29) is 0 Å². The molecule has 0 spiro atoms. The van der Waals surface area contributed by atoms with E-state index in [1.165, 1.54) is 12.8 Å². The van der Waals surface area contributed by atoms with E-state index in [1.807, 2.05) is 7.05 Å². The minimum Gasteiger partial charge on any atom is -0.319 e. The monoisotopic (exact) mass is 250 g/mol. The second-order valence-corrected chi connectivity index (χ2v) is 6.39. The Balaban J connectivity index is 2.09. The molecule has 1 fully saturated rings. The number of rotatable bonds is 7. The molecule has 0 aliphatic heterocycles. The zero-order valence-corrected chi connectivity index (χ0v) is 12.1. The van der Waals surface area contributed by atoms with E-state index >= 15 is 0 Å². The Kier molecular flexibility index (Phi) is 4.05. The third-order valence-electron chi connectivity index (χ3n) is 3.94. The average molecular weight is 250 g/mol. The first-order valence-electron chi connectivity index (χ1n) is 7.06. The standard InChI is InChI=1S/C14H26N4/c1-11(2)8-18-13(16-10-17-18)7-14(3,9-15-4)12-5-6-12/h10-12,15H,5-9H2,1-4H3. The molecule has 1 aliphatic carbocycles. The van der Waals surface area contributed by atoms with E-state index < -0.39 is 0 Å². The molecule has 0 bridgehead atoms. The van der Waals surface area contributed by atoms with E-state index in [0.29, 0.717) is 11.3 Å². The third kappa shape index (κ3) is 3.10. The summed E-state index contributed by atoms with van der Waals surface area (Å²) in [6.45, 7) is 8.86. The van der Waals surface area contributed by atoms with Gasteiger partial charge in [0, 0.05) is 19.5 Å². The molecule has 2 rings (SSSR count). The van der Waals surface area contributed by atoms with Gasteiger partial charge in [-0.3, -0.25) is 0 Å².